The molecule has 0 saturated carbocycles. The lowest BCUT2D eigenvalue weighted by Crippen LogP contribution is -2.22. The average Bonchev–Trinajstić information content (AvgIpc) is 2.51. The Labute approximate surface area is 134 Å². The summed E-state index contributed by atoms with van der Waals surface area (Å²) in [7, 11) is 0. The largest absolute Gasteiger partial charge is 0.370 e. The molecule has 22 heavy (non-hydrogen) atoms. The van der Waals surface area contributed by atoms with Gasteiger partial charge in [0.05, 0.1) is 0 Å². The minimum atomic E-state index is -0.205. The number of guanidine groups is 1. The first-order chi connectivity index (χ1) is 10.6. The number of hydrogen-bond acceptors (Lipinski definition) is 2. The topological polar surface area (TPSA) is 50.4 Å². The van der Waals surface area contributed by atoms with E-state index >= 15 is 0 Å². The zero-order valence-electron chi connectivity index (χ0n) is 12.6. The molecule has 0 aliphatic carbocycles. The number of halogens is 1. The second-order valence-electron chi connectivity index (χ2n) is 4.91. The number of nitrogens with one attached hydrogen (secondary N) is 1. The molecule has 0 atom stereocenters. The van der Waals surface area contributed by atoms with Gasteiger partial charge in [-0.1, -0.05) is 17.7 Å². The van der Waals surface area contributed by atoms with Crippen molar-refractivity contribution in [3.05, 3.63) is 59.9 Å². The van der Waals surface area contributed by atoms with E-state index in [0.717, 1.165) is 22.8 Å². The highest BCUT2D eigenvalue weighted by Gasteiger charge is 1.96. The number of nitrogens with two attached hydrogens (primary N) is 1. The van der Waals surface area contributed by atoms with Gasteiger partial charge in [0.15, 0.2) is 5.96 Å². The summed E-state index contributed by atoms with van der Waals surface area (Å²) in [4.78, 5) is 5.36. The molecule has 3 nitrogen and oxygen atoms in total. The second kappa shape index (κ2) is 8.44. The van der Waals surface area contributed by atoms with Crippen LogP contribution in [-0.2, 0) is 0 Å². The standard InChI is InChI=1S/C17H20FN3S/c1-13-3-7-15(8-4-13)21-17(19)20-11-2-12-22-16-9-5-14(18)6-10-16/h3-10H,2,11-12H2,1H3,(H3,19,20,21). The molecule has 0 radical (unpaired) electrons. The molecule has 3 N–H and O–H groups in total. The van der Waals surface area contributed by atoms with Crippen LogP contribution in [0.15, 0.2) is 58.4 Å². The molecule has 0 fully saturated rings. The number of aryl methyl sites for hydroxylation is 1. The van der Waals surface area contributed by atoms with Crippen LogP contribution in [0.4, 0.5) is 10.1 Å². The SMILES string of the molecule is Cc1ccc(NC(N)=NCCCSc2ccc(F)cc2)cc1. The fourth-order valence-corrected chi connectivity index (χ4v) is 2.65. The van der Waals surface area contributed by atoms with Crippen molar-refractivity contribution in [1.29, 1.82) is 0 Å². The van der Waals surface area contributed by atoms with Gasteiger partial charge in [0.25, 0.3) is 0 Å². The molecule has 0 bridgehead atoms. The van der Waals surface area contributed by atoms with Crippen LogP contribution in [0.1, 0.15) is 12.0 Å². The molecule has 2 aromatic rings. The van der Waals surface area contributed by atoms with E-state index in [1.165, 1.54) is 17.7 Å². The Morgan fingerprint density at radius 1 is 1.14 bits per heavy atom. The Kier molecular flexibility index (Phi) is 6.27. The third kappa shape index (κ3) is 5.77. The summed E-state index contributed by atoms with van der Waals surface area (Å²) in [6, 6.07) is 14.5. The first kappa shape index (κ1) is 16.4. The lowest BCUT2D eigenvalue weighted by atomic mass is 10.2. The zero-order valence-corrected chi connectivity index (χ0v) is 13.4. The number of thioether (sulfide) groups is 1. The van der Waals surface area contributed by atoms with Gasteiger partial charge in [-0.15, -0.1) is 11.8 Å². The number of anilines is 1. The summed E-state index contributed by atoms with van der Waals surface area (Å²) in [5.74, 6) is 1.15. The van der Waals surface area contributed by atoms with E-state index in [1.807, 2.05) is 31.2 Å². The number of hydrogen-bond donors (Lipinski definition) is 2. The Bertz CT molecular complexity index is 609. The summed E-state index contributed by atoms with van der Waals surface area (Å²) in [6.45, 7) is 2.71. The van der Waals surface area contributed by atoms with Crippen LogP contribution < -0.4 is 11.1 Å². The van der Waals surface area contributed by atoms with Crippen LogP contribution in [-0.4, -0.2) is 18.3 Å². The van der Waals surface area contributed by atoms with E-state index in [9.17, 15) is 4.39 Å². The van der Waals surface area contributed by atoms with E-state index in [1.54, 1.807) is 23.9 Å². The molecular weight excluding hydrogens is 297 g/mol. The highest BCUT2D eigenvalue weighted by Crippen LogP contribution is 2.18. The van der Waals surface area contributed by atoms with E-state index in [-0.39, 0.29) is 5.82 Å². The Morgan fingerprint density at radius 2 is 1.82 bits per heavy atom. The maximum absolute atomic E-state index is 12.8. The molecule has 2 rings (SSSR count). The predicted octanol–water partition coefficient (Wildman–Crippen LogP) is 4.04. The smallest absolute Gasteiger partial charge is 0.193 e. The minimum Gasteiger partial charge on any atom is -0.370 e. The van der Waals surface area contributed by atoms with Crippen molar-refractivity contribution in [1.82, 2.24) is 0 Å². The van der Waals surface area contributed by atoms with Crippen LogP contribution in [0, 0.1) is 12.7 Å². The van der Waals surface area contributed by atoms with Gasteiger partial charge in [-0.3, -0.25) is 4.99 Å². The van der Waals surface area contributed by atoms with E-state index in [2.05, 4.69) is 10.3 Å². The van der Waals surface area contributed by atoms with Gasteiger partial charge in [-0.05, 0) is 55.5 Å². The summed E-state index contributed by atoms with van der Waals surface area (Å²) in [5, 5.41) is 3.06. The fraction of sp³-hybridized carbons (Fsp3) is 0.235. The molecular formula is C17H20FN3S. The molecule has 0 unspecified atom stereocenters. The summed E-state index contributed by atoms with van der Waals surface area (Å²) in [5.41, 5.74) is 7.99. The van der Waals surface area contributed by atoms with Crippen LogP contribution in [0.2, 0.25) is 0 Å². The maximum Gasteiger partial charge on any atom is 0.193 e. The van der Waals surface area contributed by atoms with Crippen molar-refractivity contribution in [2.75, 3.05) is 17.6 Å². The molecule has 2 aromatic carbocycles. The van der Waals surface area contributed by atoms with Crippen LogP contribution in [0.3, 0.4) is 0 Å². The highest BCUT2D eigenvalue weighted by molar-refractivity contribution is 7.99. The summed E-state index contributed by atoms with van der Waals surface area (Å²) < 4.78 is 12.8. The van der Waals surface area contributed by atoms with Crippen LogP contribution >= 0.6 is 11.8 Å². The molecule has 116 valence electrons. The Morgan fingerprint density at radius 3 is 2.50 bits per heavy atom. The normalized spacial score (nSPS) is 11.5. The van der Waals surface area contributed by atoms with Crippen molar-refractivity contribution in [2.24, 2.45) is 10.7 Å². The monoisotopic (exact) mass is 317 g/mol. The molecule has 0 heterocycles. The molecule has 0 saturated heterocycles. The molecule has 5 heteroatoms. The molecule has 0 aliphatic heterocycles. The number of benzene rings is 2. The lowest BCUT2D eigenvalue weighted by Gasteiger charge is -2.06. The van der Waals surface area contributed by atoms with E-state index in [4.69, 9.17) is 5.73 Å². The third-order valence-electron chi connectivity index (χ3n) is 2.99. The van der Waals surface area contributed by atoms with Gasteiger partial charge in [0.1, 0.15) is 5.82 Å². The van der Waals surface area contributed by atoms with Crippen LogP contribution in [0.25, 0.3) is 0 Å². The van der Waals surface area contributed by atoms with Crippen molar-refractivity contribution >= 4 is 23.4 Å². The van der Waals surface area contributed by atoms with Crippen molar-refractivity contribution in [3.8, 4) is 0 Å². The molecule has 0 aromatic heterocycles. The average molecular weight is 317 g/mol. The lowest BCUT2D eigenvalue weighted by molar-refractivity contribution is 0.626. The second-order valence-corrected chi connectivity index (χ2v) is 6.08. The molecule has 0 aliphatic rings. The maximum atomic E-state index is 12.8. The van der Waals surface area contributed by atoms with Gasteiger partial charge in [-0.2, -0.15) is 0 Å². The van der Waals surface area contributed by atoms with Gasteiger partial charge >= 0.3 is 0 Å². The molecule has 0 amide bonds. The van der Waals surface area contributed by atoms with Crippen molar-refractivity contribution < 1.29 is 4.39 Å². The predicted molar refractivity (Wildman–Crippen MR) is 93.0 cm³/mol. The van der Waals surface area contributed by atoms with Gasteiger partial charge in [0.2, 0.25) is 0 Å². The summed E-state index contributed by atoms with van der Waals surface area (Å²) >= 11 is 1.69. The van der Waals surface area contributed by atoms with Crippen LogP contribution in [0.5, 0.6) is 0 Å². The van der Waals surface area contributed by atoms with Crippen molar-refractivity contribution in [3.63, 3.8) is 0 Å². The number of rotatable bonds is 6. The van der Waals surface area contributed by atoms with E-state index < -0.39 is 0 Å². The van der Waals surface area contributed by atoms with Gasteiger partial charge in [-0.25, -0.2) is 4.39 Å². The zero-order chi connectivity index (χ0) is 15.8. The number of nitrogens with zero attached hydrogens (tertiary/aromatic N) is 1. The quantitative estimate of drug-likeness (QED) is 0.366. The van der Waals surface area contributed by atoms with Crippen molar-refractivity contribution in [2.45, 2.75) is 18.2 Å². The summed E-state index contributed by atoms with van der Waals surface area (Å²) in [6.07, 6.45) is 0.915. The fourth-order valence-electron chi connectivity index (χ4n) is 1.81. The third-order valence-corrected chi connectivity index (χ3v) is 4.09. The highest BCUT2D eigenvalue weighted by atomic mass is 32.2. The first-order valence-corrected chi connectivity index (χ1v) is 8.14. The first-order valence-electron chi connectivity index (χ1n) is 7.15. The number of aliphatic imine (C=N–C) groups is 1. The molecule has 0 spiro atoms. The van der Waals surface area contributed by atoms with E-state index in [0.29, 0.717) is 12.5 Å². The Hall–Kier alpha value is -2.01. The van der Waals surface area contributed by atoms with Gasteiger partial charge < -0.3 is 11.1 Å². The van der Waals surface area contributed by atoms with Gasteiger partial charge in [0, 0.05) is 17.1 Å². The minimum absolute atomic E-state index is 0.205. The Balaban J connectivity index is 1.68.